The van der Waals surface area contributed by atoms with E-state index in [1.54, 1.807) is 11.9 Å². The third kappa shape index (κ3) is 5.09. The highest BCUT2D eigenvalue weighted by Crippen LogP contribution is 2.18. The molecule has 0 spiro atoms. The zero-order valence-corrected chi connectivity index (χ0v) is 13.5. The first kappa shape index (κ1) is 15.2. The molecule has 1 fully saturated rings. The van der Waals surface area contributed by atoms with Gasteiger partial charge in [0.25, 0.3) is 0 Å². The summed E-state index contributed by atoms with van der Waals surface area (Å²) in [4.78, 5) is 25.2. The number of nitrogens with one attached hydrogen (secondary N) is 2. The number of benzene rings is 1. The van der Waals surface area contributed by atoms with E-state index in [1.165, 1.54) is 0 Å². The third-order valence-corrected chi connectivity index (χ3v) is 3.86. The Labute approximate surface area is 132 Å². The van der Waals surface area contributed by atoms with Gasteiger partial charge >= 0.3 is 0 Å². The van der Waals surface area contributed by atoms with Crippen LogP contribution in [0.15, 0.2) is 24.3 Å². The summed E-state index contributed by atoms with van der Waals surface area (Å²) in [5.41, 5.74) is 0.800. The van der Waals surface area contributed by atoms with Crippen LogP contribution in [0.5, 0.6) is 0 Å². The Kier molecular flexibility index (Phi) is 5.36. The van der Waals surface area contributed by atoms with Crippen molar-refractivity contribution in [1.82, 2.24) is 10.2 Å². The maximum Gasteiger partial charge on any atom is 0.238 e. The fourth-order valence-corrected chi connectivity index (χ4v) is 2.32. The Morgan fingerprint density at radius 2 is 1.90 bits per heavy atom. The van der Waals surface area contributed by atoms with Crippen LogP contribution < -0.4 is 10.6 Å². The van der Waals surface area contributed by atoms with Gasteiger partial charge in [-0.05, 0) is 54.6 Å². The van der Waals surface area contributed by atoms with Crippen LogP contribution in [0.2, 0.25) is 0 Å². The highest BCUT2D eigenvalue weighted by molar-refractivity contribution is 14.1. The molecule has 1 aliphatic carbocycles. The Bertz CT molecular complexity index is 503. The van der Waals surface area contributed by atoms with Gasteiger partial charge in [-0.15, -0.1) is 0 Å². The molecule has 1 aromatic rings. The molecule has 0 bridgehead atoms. The van der Waals surface area contributed by atoms with Crippen LogP contribution >= 0.6 is 22.6 Å². The predicted molar refractivity (Wildman–Crippen MR) is 86.5 cm³/mol. The molecule has 0 radical (unpaired) electrons. The fourth-order valence-electron chi connectivity index (χ4n) is 1.80. The number of hydrogen-bond acceptors (Lipinski definition) is 3. The lowest BCUT2D eigenvalue weighted by Crippen LogP contribution is -2.39. The summed E-state index contributed by atoms with van der Waals surface area (Å²) >= 11 is 2.18. The standard InChI is InChI=1S/C14H18IN3O2/c1-18(8-13(19)16-10-6-7-10)9-14(20)17-12-5-3-2-4-11(12)15/h2-5,10H,6-9H2,1H3,(H,16,19)(H,17,20). The maximum atomic E-state index is 11.9. The second kappa shape index (κ2) is 7.03. The first-order valence-corrected chi connectivity index (χ1v) is 7.65. The van der Waals surface area contributed by atoms with Crippen LogP contribution in [0.25, 0.3) is 0 Å². The Morgan fingerprint density at radius 1 is 1.25 bits per heavy atom. The second-order valence-electron chi connectivity index (χ2n) is 5.04. The lowest BCUT2D eigenvalue weighted by atomic mass is 10.3. The van der Waals surface area contributed by atoms with Crippen LogP contribution in [0.4, 0.5) is 5.69 Å². The van der Waals surface area contributed by atoms with Gasteiger partial charge in [0.05, 0.1) is 18.8 Å². The number of anilines is 1. The van der Waals surface area contributed by atoms with Crippen molar-refractivity contribution in [3.8, 4) is 0 Å². The molecule has 0 atom stereocenters. The molecule has 0 heterocycles. The number of rotatable bonds is 6. The van der Waals surface area contributed by atoms with Crippen molar-refractivity contribution in [1.29, 1.82) is 0 Å². The van der Waals surface area contributed by atoms with Crippen molar-refractivity contribution in [2.24, 2.45) is 0 Å². The number of carbonyl (C=O) groups excluding carboxylic acids is 2. The van der Waals surface area contributed by atoms with Gasteiger partial charge in [0.1, 0.15) is 0 Å². The van der Waals surface area contributed by atoms with Gasteiger partial charge < -0.3 is 10.6 Å². The molecule has 0 aromatic heterocycles. The van der Waals surface area contributed by atoms with Crippen molar-refractivity contribution in [2.45, 2.75) is 18.9 Å². The number of carbonyl (C=O) groups is 2. The van der Waals surface area contributed by atoms with Gasteiger partial charge in [-0.2, -0.15) is 0 Å². The summed E-state index contributed by atoms with van der Waals surface area (Å²) in [7, 11) is 1.77. The number of hydrogen-bond donors (Lipinski definition) is 2. The Morgan fingerprint density at radius 3 is 2.55 bits per heavy atom. The van der Waals surface area contributed by atoms with Gasteiger partial charge in [0.15, 0.2) is 0 Å². The maximum absolute atomic E-state index is 11.9. The number of nitrogens with zero attached hydrogens (tertiary/aromatic N) is 1. The predicted octanol–water partition coefficient (Wildman–Crippen LogP) is 1.44. The molecule has 2 rings (SSSR count). The summed E-state index contributed by atoms with van der Waals surface area (Å²) in [5.74, 6) is -0.132. The summed E-state index contributed by atoms with van der Waals surface area (Å²) < 4.78 is 0.993. The summed E-state index contributed by atoms with van der Waals surface area (Å²) in [5, 5.41) is 5.75. The lowest BCUT2D eigenvalue weighted by Gasteiger charge is -2.16. The van der Waals surface area contributed by atoms with E-state index in [9.17, 15) is 9.59 Å². The third-order valence-electron chi connectivity index (χ3n) is 2.92. The van der Waals surface area contributed by atoms with Gasteiger partial charge in [0, 0.05) is 9.61 Å². The van der Waals surface area contributed by atoms with Crippen LogP contribution in [-0.2, 0) is 9.59 Å². The molecule has 1 saturated carbocycles. The lowest BCUT2D eigenvalue weighted by molar-refractivity contribution is -0.123. The molecule has 20 heavy (non-hydrogen) atoms. The molecule has 0 aliphatic heterocycles. The molecule has 1 aliphatic rings. The van der Waals surface area contributed by atoms with Crippen molar-refractivity contribution in [3.05, 3.63) is 27.8 Å². The highest BCUT2D eigenvalue weighted by atomic mass is 127. The summed E-state index contributed by atoms with van der Waals surface area (Å²) in [6.07, 6.45) is 2.14. The van der Waals surface area contributed by atoms with E-state index >= 15 is 0 Å². The largest absolute Gasteiger partial charge is 0.352 e. The zero-order chi connectivity index (χ0) is 14.5. The quantitative estimate of drug-likeness (QED) is 0.727. The summed E-state index contributed by atoms with van der Waals surface area (Å²) in [6.45, 7) is 0.443. The van der Waals surface area contributed by atoms with E-state index in [2.05, 4.69) is 33.2 Å². The molecule has 0 saturated heterocycles. The average molecular weight is 387 g/mol. The molecule has 5 nitrogen and oxygen atoms in total. The van der Waals surface area contributed by atoms with Gasteiger partial charge in [0.2, 0.25) is 11.8 Å². The first-order valence-electron chi connectivity index (χ1n) is 6.57. The zero-order valence-electron chi connectivity index (χ0n) is 11.4. The van der Waals surface area contributed by atoms with E-state index in [-0.39, 0.29) is 24.9 Å². The van der Waals surface area contributed by atoms with Crippen LogP contribution in [-0.4, -0.2) is 42.9 Å². The van der Waals surface area contributed by atoms with Gasteiger partial charge in [-0.25, -0.2) is 0 Å². The van der Waals surface area contributed by atoms with E-state index in [0.29, 0.717) is 6.04 Å². The van der Waals surface area contributed by atoms with Crippen LogP contribution in [0.1, 0.15) is 12.8 Å². The van der Waals surface area contributed by atoms with Crippen LogP contribution in [0.3, 0.4) is 0 Å². The minimum Gasteiger partial charge on any atom is -0.352 e. The van der Waals surface area contributed by atoms with E-state index in [1.807, 2.05) is 24.3 Å². The molecule has 2 N–H and O–H groups in total. The molecule has 6 heteroatoms. The second-order valence-corrected chi connectivity index (χ2v) is 6.20. The monoisotopic (exact) mass is 387 g/mol. The van der Waals surface area contributed by atoms with Gasteiger partial charge in [-0.3, -0.25) is 14.5 Å². The first-order chi connectivity index (χ1) is 9.54. The number of halogens is 1. The molecule has 0 unspecified atom stereocenters. The smallest absolute Gasteiger partial charge is 0.238 e. The number of para-hydroxylation sites is 1. The normalized spacial score (nSPS) is 14.2. The van der Waals surface area contributed by atoms with E-state index in [4.69, 9.17) is 0 Å². The van der Waals surface area contributed by atoms with E-state index in [0.717, 1.165) is 22.1 Å². The van der Waals surface area contributed by atoms with Crippen molar-refractivity contribution >= 4 is 40.1 Å². The van der Waals surface area contributed by atoms with Crippen LogP contribution in [0, 0.1) is 3.57 Å². The number of likely N-dealkylation sites (N-methyl/N-ethyl adjacent to an activating group) is 1. The average Bonchev–Trinajstić information content (AvgIpc) is 3.15. The SMILES string of the molecule is CN(CC(=O)Nc1ccccc1I)CC(=O)NC1CC1. The van der Waals surface area contributed by atoms with Crippen molar-refractivity contribution in [3.63, 3.8) is 0 Å². The van der Waals surface area contributed by atoms with E-state index < -0.39 is 0 Å². The fraction of sp³-hybridized carbons (Fsp3) is 0.429. The minimum atomic E-state index is -0.115. The van der Waals surface area contributed by atoms with Crippen molar-refractivity contribution in [2.75, 3.05) is 25.5 Å². The molecule has 1 aromatic carbocycles. The molecular weight excluding hydrogens is 369 g/mol. The van der Waals surface area contributed by atoms with Crippen molar-refractivity contribution < 1.29 is 9.59 Å². The van der Waals surface area contributed by atoms with Gasteiger partial charge in [-0.1, -0.05) is 12.1 Å². The minimum absolute atomic E-state index is 0.0166. The Balaban J connectivity index is 1.75. The highest BCUT2D eigenvalue weighted by Gasteiger charge is 2.23. The summed E-state index contributed by atoms with van der Waals surface area (Å²) in [6, 6.07) is 7.95. The molecule has 2 amide bonds. The topological polar surface area (TPSA) is 61.4 Å². The molecule has 108 valence electrons. The number of amides is 2. The molecular formula is C14H18IN3O2. The Hall–Kier alpha value is -1.15.